The van der Waals surface area contributed by atoms with E-state index in [9.17, 15) is 14.4 Å². The first-order chi connectivity index (χ1) is 13.9. The van der Waals surface area contributed by atoms with Gasteiger partial charge in [-0.15, -0.1) is 0 Å². The Balaban J connectivity index is 1.50. The number of carbonyl (C=O) groups is 3. The number of amides is 2. The number of hydrogen-bond donors (Lipinski definition) is 3. The van der Waals surface area contributed by atoms with E-state index in [4.69, 9.17) is 21.4 Å². The van der Waals surface area contributed by atoms with Gasteiger partial charge in [0, 0.05) is 22.8 Å². The van der Waals surface area contributed by atoms with Crippen molar-refractivity contribution in [3.63, 3.8) is 0 Å². The Morgan fingerprint density at radius 3 is 2.59 bits per heavy atom. The Bertz CT molecular complexity index is 903. The minimum atomic E-state index is -0.786. The highest BCUT2D eigenvalue weighted by atomic mass is 35.5. The molecule has 3 rings (SSSR count). The van der Waals surface area contributed by atoms with Gasteiger partial charge in [0.05, 0.1) is 5.92 Å². The SMILES string of the molecule is O=C(Nc1cc(Cl)cc(C(=O)NCC[C@H]2C[C@@H]2C(=O)O)c1)OCc1ccccc1. The molecule has 0 radical (unpaired) electrons. The van der Waals surface area contributed by atoms with Crippen molar-refractivity contribution in [1.82, 2.24) is 5.32 Å². The van der Waals surface area contributed by atoms with Crippen molar-refractivity contribution in [2.45, 2.75) is 19.4 Å². The summed E-state index contributed by atoms with van der Waals surface area (Å²) in [5, 5.41) is 14.5. The summed E-state index contributed by atoms with van der Waals surface area (Å²) in [6.07, 6.45) is 0.609. The summed E-state index contributed by atoms with van der Waals surface area (Å²) in [4.78, 5) is 35.2. The molecule has 2 amide bonds. The third-order valence-corrected chi connectivity index (χ3v) is 4.88. The Hall–Kier alpha value is -3.06. The molecule has 0 unspecified atom stereocenters. The highest BCUT2D eigenvalue weighted by molar-refractivity contribution is 6.31. The van der Waals surface area contributed by atoms with Crippen LogP contribution in [0, 0.1) is 11.8 Å². The molecule has 0 aromatic heterocycles. The van der Waals surface area contributed by atoms with E-state index in [2.05, 4.69) is 10.6 Å². The molecule has 1 aliphatic carbocycles. The van der Waals surface area contributed by atoms with Crippen LogP contribution in [0.25, 0.3) is 0 Å². The van der Waals surface area contributed by atoms with Crippen molar-refractivity contribution < 1.29 is 24.2 Å². The van der Waals surface area contributed by atoms with E-state index in [0.717, 1.165) is 5.56 Å². The highest BCUT2D eigenvalue weighted by Gasteiger charge is 2.42. The van der Waals surface area contributed by atoms with Crippen molar-refractivity contribution in [2.75, 3.05) is 11.9 Å². The minimum Gasteiger partial charge on any atom is -0.481 e. The summed E-state index contributed by atoms with van der Waals surface area (Å²) >= 11 is 6.06. The van der Waals surface area contributed by atoms with Crippen LogP contribution in [-0.4, -0.2) is 29.6 Å². The molecule has 152 valence electrons. The summed E-state index contributed by atoms with van der Waals surface area (Å²) in [7, 11) is 0. The van der Waals surface area contributed by atoms with Gasteiger partial charge in [-0.25, -0.2) is 4.79 Å². The average molecular weight is 417 g/mol. The smallest absolute Gasteiger partial charge is 0.411 e. The summed E-state index contributed by atoms with van der Waals surface area (Å²) in [5.74, 6) is -1.31. The Morgan fingerprint density at radius 1 is 1.14 bits per heavy atom. The number of halogens is 1. The van der Waals surface area contributed by atoms with E-state index >= 15 is 0 Å². The van der Waals surface area contributed by atoms with Gasteiger partial charge in [-0.3, -0.25) is 14.9 Å². The van der Waals surface area contributed by atoms with Crippen LogP contribution in [0.15, 0.2) is 48.5 Å². The number of ether oxygens (including phenoxy) is 1. The van der Waals surface area contributed by atoms with Crippen LogP contribution in [0.3, 0.4) is 0 Å². The first kappa shape index (κ1) is 20.7. The van der Waals surface area contributed by atoms with E-state index in [1.165, 1.54) is 18.2 Å². The van der Waals surface area contributed by atoms with Crippen molar-refractivity contribution in [2.24, 2.45) is 11.8 Å². The molecule has 0 saturated heterocycles. The second-order valence-electron chi connectivity index (χ2n) is 6.90. The van der Waals surface area contributed by atoms with Crippen molar-refractivity contribution in [3.05, 3.63) is 64.7 Å². The zero-order valence-electron chi connectivity index (χ0n) is 15.6. The fourth-order valence-corrected chi connectivity index (χ4v) is 3.25. The van der Waals surface area contributed by atoms with Crippen LogP contribution in [0.4, 0.5) is 10.5 Å². The molecule has 0 aliphatic heterocycles. The zero-order valence-corrected chi connectivity index (χ0v) is 16.3. The lowest BCUT2D eigenvalue weighted by molar-refractivity contribution is -0.138. The molecule has 3 N–H and O–H groups in total. The number of carboxylic acid groups (broad SMARTS) is 1. The largest absolute Gasteiger partial charge is 0.481 e. The molecule has 1 saturated carbocycles. The standard InChI is InChI=1S/C21H21ClN2O5/c22-16-8-15(19(25)23-7-6-14-10-18(14)20(26)27)9-17(11-16)24-21(28)29-12-13-4-2-1-3-5-13/h1-5,8-9,11,14,18H,6-7,10,12H2,(H,23,25)(H,24,28)(H,26,27)/t14-,18-/m0/s1. The van der Waals surface area contributed by atoms with Crippen molar-refractivity contribution >= 4 is 35.3 Å². The lowest BCUT2D eigenvalue weighted by atomic mass is 10.1. The van der Waals surface area contributed by atoms with Gasteiger partial charge in [0.25, 0.3) is 5.91 Å². The molecule has 2 aromatic rings. The summed E-state index contributed by atoms with van der Waals surface area (Å²) < 4.78 is 5.16. The molecular formula is C21H21ClN2O5. The van der Waals surface area contributed by atoms with E-state index in [1.54, 1.807) is 0 Å². The number of anilines is 1. The molecule has 2 aromatic carbocycles. The highest BCUT2D eigenvalue weighted by Crippen LogP contribution is 2.40. The Kier molecular flexibility index (Phi) is 6.72. The number of rotatable bonds is 8. The first-order valence-corrected chi connectivity index (χ1v) is 9.59. The second-order valence-corrected chi connectivity index (χ2v) is 7.34. The monoisotopic (exact) mass is 416 g/mol. The van der Waals surface area contributed by atoms with Crippen LogP contribution in [0.2, 0.25) is 5.02 Å². The molecule has 7 nitrogen and oxygen atoms in total. The topological polar surface area (TPSA) is 105 Å². The Morgan fingerprint density at radius 2 is 1.90 bits per heavy atom. The van der Waals surface area contributed by atoms with Crippen LogP contribution in [-0.2, 0) is 16.1 Å². The van der Waals surface area contributed by atoms with Crippen LogP contribution >= 0.6 is 11.6 Å². The van der Waals surface area contributed by atoms with Crippen LogP contribution < -0.4 is 10.6 Å². The molecular weight excluding hydrogens is 396 g/mol. The number of benzene rings is 2. The molecule has 29 heavy (non-hydrogen) atoms. The van der Waals surface area contributed by atoms with Gasteiger partial charge < -0.3 is 15.2 Å². The van der Waals surface area contributed by atoms with Gasteiger partial charge in [0.2, 0.25) is 0 Å². The number of carbonyl (C=O) groups excluding carboxylic acids is 2. The maximum atomic E-state index is 12.3. The van der Waals surface area contributed by atoms with Crippen LogP contribution in [0.5, 0.6) is 0 Å². The van der Waals surface area contributed by atoms with E-state index in [-0.39, 0.29) is 24.3 Å². The third-order valence-electron chi connectivity index (χ3n) is 4.66. The molecule has 1 aliphatic rings. The number of hydrogen-bond acceptors (Lipinski definition) is 4. The lowest BCUT2D eigenvalue weighted by Crippen LogP contribution is -2.25. The number of nitrogens with one attached hydrogen (secondary N) is 2. The lowest BCUT2D eigenvalue weighted by Gasteiger charge is -2.10. The fourth-order valence-electron chi connectivity index (χ4n) is 3.01. The van der Waals surface area contributed by atoms with Gasteiger partial charge in [0.15, 0.2) is 0 Å². The summed E-state index contributed by atoms with van der Waals surface area (Å²) in [6.45, 7) is 0.501. The van der Waals surface area contributed by atoms with Crippen molar-refractivity contribution in [1.29, 1.82) is 0 Å². The number of aliphatic carboxylic acids is 1. The molecule has 2 atom stereocenters. The third kappa shape index (κ3) is 6.22. The van der Waals surface area contributed by atoms with Gasteiger partial charge >= 0.3 is 12.1 Å². The van der Waals surface area contributed by atoms with E-state index in [0.29, 0.717) is 35.7 Å². The van der Waals surface area contributed by atoms with Gasteiger partial charge in [-0.1, -0.05) is 41.9 Å². The molecule has 0 bridgehead atoms. The second kappa shape index (κ2) is 9.43. The van der Waals surface area contributed by atoms with Gasteiger partial charge in [0.1, 0.15) is 6.61 Å². The minimum absolute atomic E-state index is 0.115. The van der Waals surface area contributed by atoms with Gasteiger partial charge in [-0.05, 0) is 42.5 Å². The maximum Gasteiger partial charge on any atom is 0.411 e. The first-order valence-electron chi connectivity index (χ1n) is 9.21. The molecule has 0 heterocycles. The molecule has 8 heteroatoms. The fraction of sp³-hybridized carbons (Fsp3) is 0.286. The maximum absolute atomic E-state index is 12.3. The zero-order chi connectivity index (χ0) is 20.8. The predicted octanol–water partition coefficient (Wildman–Crippen LogP) is 3.93. The number of carboxylic acids is 1. The molecule has 1 fully saturated rings. The quantitative estimate of drug-likeness (QED) is 0.604. The molecule has 0 spiro atoms. The van der Waals surface area contributed by atoms with Gasteiger partial charge in [-0.2, -0.15) is 0 Å². The average Bonchev–Trinajstić information content (AvgIpc) is 3.46. The van der Waals surface area contributed by atoms with Crippen molar-refractivity contribution in [3.8, 4) is 0 Å². The van der Waals surface area contributed by atoms with Crippen LogP contribution in [0.1, 0.15) is 28.8 Å². The Labute approximate surface area is 173 Å². The summed E-state index contributed by atoms with van der Waals surface area (Å²) in [5.41, 5.74) is 1.49. The normalized spacial score (nSPS) is 17.3. The summed E-state index contributed by atoms with van der Waals surface area (Å²) in [6, 6.07) is 13.8. The van der Waals surface area contributed by atoms with E-state index in [1.807, 2.05) is 30.3 Å². The van der Waals surface area contributed by atoms with E-state index < -0.39 is 12.1 Å². The predicted molar refractivity (Wildman–Crippen MR) is 108 cm³/mol.